The molecule has 1 aromatic rings. The summed E-state index contributed by atoms with van der Waals surface area (Å²) in [5.41, 5.74) is 0.709. The van der Waals surface area contributed by atoms with Gasteiger partial charge in [0.2, 0.25) is 0 Å². The lowest BCUT2D eigenvalue weighted by atomic mass is 10.0. The van der Waals surface area contributed by atoms with Crippen LogP contribution >= 0.6 is 0 Å². The summed E-state index contributed by atoms with van der Waals surface area (Å²) in [6.45, 7) is 3.21. The van der Waals surface area contributed by atoms with E-state index in [1.807, 2.05) is 12.1 Å². The molecule has 2 rings (SSSR count). The van der Waals surface area contributed by atoms with Gasteiger partial charge < -0.3 is 10.6 Å². The Bertz CT molecular complexity index is 549. The van der Waals surface area contributed by atoms with E-state index in [-0.39, 0.29) is 6.04 Å². The molecule has 0 aliphatic carbocycles. The highest BCUT2D eigenvalue weighted by atomic mass is 32.2. The highest BCUT2D eigenvalue weighted by Gasteiger charge is 2.17. The van der Waals surface area contributed by atoms with Crippen LogP contribution in [0.4, 0.5) is 5.69 Å². The zero-order chi connectivity index (χ0) is 15.3. The molecule has 0 aromatic heterocycles. The van der Waals surface area contributed by atoms with Crippen LogP contribution in [0.2, 0.25) is 0 Å². The molecule has 1 aliphatic heterocycles. The van der Waals surface area contributed by atoms with Crippen LogP contribution in [0, 0.1) is 0 Å². The molecule has 0 amide bonds. The van der Waals surface area contributed by atoms with Crippen LogP contribution in [0.3, 0.4) is 0 Å². The van der Waals surface area contributed by atoms with Gasteiger partial charge in [-0.15, -0.1) is 0 Å². The summed E-state index contributed by atoms with van der Waals surface area (Å²) in [6.07, 6.45) is 7.32. The van der Waals surface area contributed by atoms with Gasteiger partial charge in [-0.25, -0.2) is 8.42 Å². The van der Waals surface area contributed by atoms with Gasteiger partial charge in [0.1, 0.15) is 0 Å². The summed E-state index contributed by atoms with van der Waals surface area (Å²) < 4.78 is 23.6. The van der Waals surface area contributed by atoms with E-state index < -0.39 is 9.84 Å². The number of hydrogen-bond acceptors (Lipinski definition) is 4. The molecular weight excluding hydrogens is 284 g/mol. The van der Waals surface area contributed by atoms with Crippen LogP contribution in [0.25, 0.3) is 0 Å². The Morgan fingerprint density at radius 1 is 1.29 bits per heavy atom. The van der Waals surface area contributed by atoms with Crippen molar-refractivity contribution in [3.8, 4) is 0 Å². The van der Waals surface area contributed by atoms with Crippen LogP contribution in [0.5, 0.6) is 0 Å². The molecule has 1 saturated heterocycles. The molecule has 0 radical (unpaired) electrons. The maximum Gasteiger partial charge on any atom is 0.177 e. The Morgan fingerprint density at radius 3 is 2.81 bits per heavy atom. The first-order chi connectivity index (χ1) is 9.97. The molecule has 5 heteroatoms. The van der Waals surface area contributed by atoms with Gasteiger partial charge in [-0.2, -0.15) is 0 Å². The van der Waals surface area contributed by atoms with Gasteiger partial charge in [-0.1, -0.05) is 25.0 Å². The number of sulfone groups is 1. The molecule has 0 saturated carbocycles. The smallest absolute Gasteiger partial charge is 0.177 e. The Kier molecular flexibility index (Phi) is 5.65. The third-order valence-electron chi connectivity index (χ3n) is 3.99. The number of benzene rings is 1. The standard InChI is InChI=1S/C16H26N2O2S/c1-13(12-14-8-4-3-7-11-17-14)18-15-9-5-6-10-16(15)21(2,19)20/h5-6,9-10,13-14,17-18H,3-4,7-8,11-12H2,1-2H3. The maximum absolute atomic E-state index is 11.8. The predicted octanol–water partition coefficient (Wildman–Crippen LogP) is 2.81. The van der Waals surface area contributed by atoms with Crippen molar-refractivity contribution in [3.05, 3.63) is 24.3 Å². The second-order valence-corrected chi connectivity index (χ2v) is 8.03. The molecule has 2 N–H and O–H groups in total. The minimum Gasteiger partial charge on any atom is -0.381 e. The first-order valence-corrected chi connectivity index (χ1v) is 9.65. The summed E-state index contributed by atoms with van der Waals surface area (Å²) in [5.74, 6) is 0. The minimum absolute atomic E-state index is 0.239. The molecule has 0 bridgehead atoms. The van der Waals surface area contributed by atoms with Crippen LogP contribution in [0.15, 0.2) is 29.2 Å². The van der Waals surface area contributed by atoms with Gasteiger partial charge in [0.05, 0.1) is 10.6 Å². The quantitative estimate of drug-likeness (QED) is 0.878. The SMILES string of the molecule is CC(CC1CCCCCN1)Nc1ccccc1S(C)(=O)=O. The van der Waals surface area contributed by atoms with Crippen LogP contribution in [-0.4, -0.2) is 33.3 Å². The largest absolute Gasteiger partial charge is 0.381 e. The lowest BCUT2D eigenvalue weighted by Crippen LogP contribution is -2.33. The van der Waals surface area contributed by atoms with E-state index >= 15 is 0 Å². The third kappa shape index (κ3) is 5.00. The van der Waals surface area contributed by atoms with E-state index in [1.165, 1.54) is 31.9 Å². The Hall–Kier alpha value is -1.07. The summed E-state index contributed by atoms with van der Waals surface area (Å²) in [4.78, 5) is 0.380. The predicted molar refractivity (Wildman–Crippen MR) is 87.5 cm³/mol. The average molecular weight is 310 g/mol. The van der Waals surface area contributed by atoms with Gasteiger partial charge in [0, 0.05) is 18.3 Å². The van der Waals surface area contributed by atoms with Gasteiger partial charge >= 0.3 is 0 Å². The molecular formula is C16H26N2O2S. The van der Waals surface area contributed by atoms with E-state index in [0.29, 0.717) is 16.6 Å². The summed E-state index contributed by atoms with van der Waals surface area (Å²) >= 11 is 0. The highest BCUT2D eigenvalue weighted by Crippen LogP contribution is 2.22. The normalized spacial score (nSPS) is 21.5. The lowest BCUT2D eigenvalue weighted by molar-refractivity contribution is 0.456. The van der Waals surface area contributed by atoms with Gasteiger partial charge in [-0.05, 0) is 44.9 Å². The fraction of sp³-hybridized carbons (Fsp3) is 0.625. The second kappa shape index (κ2) is 7.27. The van der Waals surface area contributed by atoms with E-state index in [1.54, 1.807) is 12.1 Å². The third-order valence-corrected chi connectivity index (χ3v) is 5.14. The monoisotopic (exact) mass is 310 g/mol. The zero-order valence-corrected chi connectivity index (χ0v) is 13.7. The summed E-state index contributed by atoms with van der Waals surface area (Å²) in [7, 11) is -3.20. The second-order valence-electron chi connectivity index (χ2n) is 6.05. The molecule has 2 unspecified atom stereocenters. The van der Waals surface area contributed by atoms with Crippen LogP contribution in [-0.2, 0) is 9.84 Å². The van der Waals surface area contributed by atoms with E-state index in [4.69, 9.17) is 0 Å². The summed E-state index contributed by atoms with van der Waals surface area (Å²) in [5, 5.41) is 6.95. The molecule has 4 nitrogen and oxygen atoms in total. The Labute approximate surface area is 128 Å². The number of nitrogens with one attached hydrogen (secondary N) is 2. The van der Waals surface area contributed by atoms with Crippen molar-refractivity contribution in [2.75, 3.05) is 18.1 Å². The van der Waals surface area contributed by atoms with E-state index in [9.17, 15) is 8.42 Å². The molecule has 2 atom stereocenters. The topological polar surface area (TPSA) is 58.2 Å². The lowest BCUT2D eigenvalue weighted by Gasteiger charge is -2.23. The van der Waals surface area contributed by atoms with E-state index in [0.717, 1.165) is 13.0 Å². The number of hydrogen-bond donors (Lipinski definition) is 2. The fourth-order valence-corrected chi connectivity index (χ4v) is 3.81. The molecule has 21 heavy (non-hydrogen) atoms. The zero-order valence-electron chi connectivity index (χ0n) is 12.9. The van der Waals surface area contributed by atoms with Crippen molar-refractivity contribution >= 4 is 15.5 Å². The average Bonchev–Trinajstić information content (AvgIpc) is 2.66. The molecule has 0 spiro atoms. The van der Waals surface area contributed by atoms with Crippen molar-refractivity contribution in [1.29, 1.82) is 0 Å². The number of anilines is 1. The molecule has 1 heterocycles. The van der Waals surface area contributed by atoms with Crippen molar-refractivity contribution in [1.82, 2.24) is 5.32 Å². The highest BCUT2D eigenvalue weighted by molar-refractivity contribution is 7.90. The van der Waals surface area contributed by atoms with Gasteiger partial charge in [0.25, 0.3) is 0 Å². The van der Waals surface area contributed by atoms with Crippen molar-refractivity contribution in [2.24, 2.45) is 0 Å². The Morgan fingerprint density at radius 2 is 2.05 bits per heavy atom. The fourth-order valence-electron chi connectivity index (χ4n) is 2.96. The first-order valence-electron chi connectivity index (χ1n) is 7.76. The van der Waals surface area contributed by atoms with Crippen molar-refractivity contribution in [3.63, 3.8) is 0 Å². The minimum atomic E-state index is -3.20. The van der Waals surface area contributed by atoms with Gasteiger partial charge in [0.15, 0.2) is 9.84 Å². The summed E-state index contributed by atoms with van der Waals surface area (Å²) in [6, 6.07) is 7.90. The molecule has 118 valence electrons. The van der Waals surface area contributed by atoms with E-state index in [2.05, 4.69) is 17.6 Å². The first kappa shape index (κ1) is 16.3. The molecule has 1 fully saturated rings. The number of para-hydroxylation sites is 1. The van der Waals surface area contributed by atoms with Crippen LogP contribution in [0.1, 0.15) is 39.0 Å². The van der Waals surface area contributed by atoms with Crippen molar-refractivity contribution < 1.29 is 8.42 Å². The van der Waals surface area contributed by atoms with Crippen LogP contribution < -0.4 is 10.6 Å². The molecule has 1 aromatic carbocycles. The van der Waals surface area contributed by atoms with Gasteiger partial charge in [-0.3, -0.25) is 0 Å². The number of rotatable bonds is 5. The Balaban J connectivity index is 2.01. The maximum atomic E-state index is 11.8. The van der Waals surface area contributed by atoms with Crippen molar-refractivity contribution in [2.45, 2.75) is 56.0 Å². The molecule has 1 aliphatic rings.